The van der Waals surface area contributed by atoms with Crippen LogP contribution in [0.4, 0.5) is 4.39 Å². The lowest BCUT2D eigenvalue weighted by molar-refractivity contribution is 0.0754. The number of likely N-dealkylation sites (tertiary alicyclic amines) is 1. The van der Waals surface area contributed by atoms with Gasteiger partial charge in [0.15, 0.2) is 0 Å². The molecule has 2 aliphatic rings. The number of amides is 1. The highest BCUT2D eigenvalue weighted by Gasteiger charge is 2.33. The van der Waals surface area contributed by atoms with Gasteiger partial charge in [-0.05, 0) is 107 Å². The first kappa shape index (κ1) is 26.8. The van der Waals surface area contributed by atoms with Crippen molar-refractivity contribution >= 4 is 16.8 Å². The van der Waals surface area contributed by atoms with Crippen molar-refractivity contribution in [3.05, 3.63) is 59.3 Å². The van der Waals surface area contributed by atoms with Crippen LogP contribution < -0.4 is 5.32 Å². The summed E-state index contributed by atoms with van der Waals surface area (Å²) in [6.07, 6.45) is 10.6. The van der Waals surface area contributed by atoms with Crippen LogP contribution in [-0.2, 0) is 6.42 Å². The molecule has 2 saturated heterocycles. The van der Waals surface area contributed by atoms with E-state index in [-0.39, 0.29) is 11.9 Å². The molecule has 1 amide bonds. The summed E-state index contributed by atoms with van der Waals surface area (Å²) in [5.74, 6) is -0.00147. The van der Waals surface area contributed by atoms with Crippen LogP contribution in [0.1, 0.15) is 61.5 Å². The van der Waals surface area contributed by atoms with Crippen molar-refractivity contribution < 1.29 is 9.18 Å². The van der Waals surface area contributed by atoms with Gasteiger partial charge in [0.2, 0.25) is 0 Å². The summed E-state index contributed by atoms with van der Waals surface area (Å²) in [5.41, 5.74) is 4.84. The van der Waals surface area contributed by atoms with Crippen molar-refractivity contribution in [1.82, 2.24) is 24.7 Å². The van der Waals surface area contributed by atoms with Crippen molar-refractivity contribution in [1.29, 1.82) is 0 Å². The van der Waals surface area contributed by atoms with Gasteiger partial charge in [-0.25, -0.2) is 4.39 Å². The standard InChI is InChI=1S/C31H42FN5O/c1-21(2)35(5)30(38)26-15-25(32)6-7-27(26)37-19-24(29-22(3)16-34-17-28(29)37)14-23-8-13-36(18-23)20-31(4)9-11-33-12-10-31/h6-7,15-17,19,21,23,33H,8-14,18,20H2,1-5H3/t23-/m1/s1. The van der Waals surface area contributed by atoms with E-state index in [1.54, 1.807) is 18.0 Å². The summed E-state index contributed by atoms with van der Waals surface area (Å²) in [6.45, 7) is 14.2. The number of nitrogens with zero attached hydrogens (tertiary/aromatic N) is 4. The number of pyridine rings is 1. The fraction of sp³-hybridized carbons (Fsp3) is 0.548. The SMILES string of the molecule is Cc1cncc2c1c(C[C@H]1CCN(CC3(C)CCNCC3)C1)cn2-c1ccc(F)cc1C(=O)N(C)C(C)C. The monoisotopic (exact) mass is 519 g/mol. The first-order valence-electron chi connectivity index (χ1n) is 14.1. The van der Waals surface area contributed by atoms with Crippen molar-refractivity contribution in [3.8, 4) is 5.69 Å². The van der Waals surface area contributed by atoms with Crippen LogP contribution in [0, 0.1) is 24.1 Å². The van der Waals surface area contributed by atoms with Crippen molar-refractivity contribution in [3.63, 3.8) is 0 Å². The summed E-state index contributed by atoms with van der Waals surface area (Å²) in [5, 5.41) is 4.70. The largest absolute Gasteiger partial charge is 0.339 e. The van der Waals surface area contributed by atoms with Crippen LogP contribution in [0.2, 0.25) is 0 Å². The van der Waals surface area contributed by atoms with Crippen molar-refractivity contribution in [2.45, 2.75) is 59.4 Å². The number of piperidine rings is 1. The number of fused-ring (bicyclic) bond motifs is 1. The highest BCUT2D eigenvalue weighted by molar-refractivity contribution is 5.99. The van der Waals surface area contributed by atoms with E-state index in [0.29, 0.717) is 22.6 Å². The molecular formula is C31H42FN5O. The fourth-order valence-electron chi connectivity index (χ4n) is 6.37. The summed E-state index contributed by atoms with van der Waals surface area (Å²) in [7, 11) is 1.77. The second-order valence-electron chi connectivity index (χ2n) is 12.2. The zero-order valence-corrected chi connectivity index (χ0v) is 23.6. The lowest BCUT2D eigenvalue weighted by atomic mass is 9.80. The molecular weight excluding hydrogens is 477 g/mol. The third kappa shape index (κ3) is 5.36. The van der Waals surface area contributed by atoms with Crippen LogP contribution in [0.25, 0.3) is 16.6 Å². The van der Waals surface area contributed by atoms with Gasteiger partial charge in [0.25, 0.3) is 5.91 Å². The highest BCUT2D eigenvalue weighted by Crippen LogP contribution is 2.35. The van der Waals surface area contributed by atoms with E-state index in [0.717, 1.165) is 43.7 Å². The molecule has 5 rings (SSSR count). The molecule has 0 bridgehead atoms. The van der Waals surface area contributed by atoms with E-state index in [4.69, 9.17) is 0 Å². The Bertz CT molecular complexity index is 1310. The maximum atomic E-state index is 14.4. The first-order valence-corrected chi connectivity index (χ1v) is 14.1. The van der Waals surface area contributed by atoms with E-state index in [9.17, 15) is 9.18 Å². The number of rotatable bonds is 7. The first-order chi connectivity index (χ1) is 18.1. The second kappa shape index (κ2) is 10.8. The third-order valence-electron chi connectivity index (χ3n) is 8.82. The predicted molar refractivity (Wildman–Crippen MR) is 151 cm³/mol. The molecule has 204 valence electrons. The second-order valence-corrected chi connectivity index (χ2v) is 12.2. The quantitative estimate of drug-likeness (QED) is 0.466. The number of aryl methyl sites for hydroxylation is 1. The van der Waals surface area contributed by atoms with Crippen LogP contribution in [0.5, 0.6) is 0 Å². The molecule has 7 heteroatoms. The highest BCUT2D eigenvalue weighted by atomic mass is 19.1. The molecule has 2 aromatic heterocycles. The normalized spacial score (nSPS) is 19.9. The predicted octanol–water partition coefficient (Wildman–Crippen LogP) is 5.21. The van der Waals surface area contributed by atoms with Gasteiger partial charge in [0.1, 0.15) is 5.82 Å². The van der Waals surface area contributed by atoms with E-state index >= 15 is 0 Å². The average Bonchev–Trinajstić information content (AvgIpc) is 3.48. The molecule has 1 aromatic carbocycles. The van der Waals surface area contributed by atoms with Gasteiger partial charge >= 0.3 is 0 Å². The van der Waals surface area contributed by atoms with Gasteiger partial charge in [-0.3, -0.25) is 9.78 Å². The van der Waals surface area contributed by atoms with Crippen molar-refractivity contribution in [2.75, 3.05) is 39.8 Å². The Morgan fingerprint density at radius 3 is 2.76 bits per heavy atom. The Hall–Kier alpha value is -2.77. The molecule has 2 fully saturated rings. The molecule has 2 aliphatic heterocycles. The Labute approximate surface area is 226 Å². The minimum Gasteiger partial charge on any atom is -0.339 e. The molecule has 4 heterocycles. The number of hydrogen-bond donors (Lipinski definition) is 1. The molecule has 0 unspecified atom stereocenters. The number of benzene rings is 1. The van der Waals surface area contributed by atoms with Crippen molar-refractivity contribution in [2.24, 2.45) is 11.3 Å². The van der Waals surface area contributed by atoms with Gasteiger partial charge in [0.05, 0.1) is 23.0 Å². The summed E-state index contributed by atoms with van der Waals surface area (Å²) in [4.78, 5) is 22.2. The van der Waals surface area contributed by atoms with E-state index in [2.05, 4.69) is 35.2 Å². The number of hydrogen-bond acceptors (Lipinski definition) is 4. The summed E-state index contributed by atoms with van der Waals surface area (Å²) >= 11 is 0. The number of carbonyl (C=O) groups excluding carboxylic acids is 1. The lowest BCUT2D eigenvalue weighted by Crippen LogP contribution is -2.42. The molecule has 38 heavy (non-hydrogen) atoms. The van der Waals surface area contributed by atoms with Crippen LogP contribution in [0.3, 0.4) is 0 Å². The number of halogens is 1. The van der Waals surface area contributed by atoms with Gasteiger partial charge < -0.3 is 19.7 Å². The van der Waals surface area contributed by atoms with E-state index in [1.165, 1.54) is 48.9 Å². The molecule has 1 atom stereocenters. The Morgan fingerprint density at radius 1 is 1.26 bits per heavy atom. The van der Waals surface area contributed by atoms with Gasteiger partial charge in [-0.2, -0.15) is 0 Å². The average molecular weight is 520 g/mol. The maximum Gasteiger partial charge on any atom is 0.256 e. The Balaban J connectivity index is 1.45. The molecule has 6 nitrogen and oxygen atoms in total. The number of carbonyl (C=O) groups is 1. The van der Waals surface area contributed by atoms with E-state index in [1.807, 2.05) is 30.8 Å². The maximum absolute atomic E-state index is 14.4. The molecule has 3 aromatic rings. The minimum atomic E-state index is -0.409. The van der Waals surface area contributed by atoms with Crippen LogP contribution in [0.15, 0.2) is 36.8 Å². The lowest BCUT2D eigenvalue weighted by Gasteiger charge is -2.37. The topological polar surface area (TPSA) is 53.4 Å². The summed E-state index contributed by atoms with van der Waals surface area (Å²) in [6, 6.07) is 4.53. The van der Waals surface area contributed by atoms with Crippen LogP contribution in [-0.4, -0.2) is 71.1 Å². The molecule has 0 saturated carbocycles. The minimum absolute atomic E-state index is 0.0111. The smallest absolute Gasteiger partial charge is 0.256 e. The fourth-order valence-corrected chi connectivity index (χ4v) is 6.37. The van der Waals surface area contributed by atoms with Crippen LogP contribution >= 0.6 is 0 Å². The summed E-state index contributed by atoms with van der Waals surface area (Å²) < 4.78 is 16.4. The number of aromatic nitrogens is 2. The molecule has 0 aliphatic carbocycles. The van der Waals surface area contributed by atoms with Gasteiger partial charge in [0, 0.05) is 44.0 Å². The Morgan fingerprint density at radius 2 is 2.03 bits per heavy atom. The Kier molecular flexibility index (Phi) is 7.60. The zero-order valence-electron chi connectivity index (χ0n) is 23.6. The van der Waals surface area contributed by atoms with Gasteiger partial charge in [-0.1, -0.05) is 6.92 Å². The zero-order chi connectivity index (χ0) is 27.0. The van der Waals surface area contributed by atoms with E-state index < -0.39 is 5.82 Å². The third-order valence-corrected chi connectivity index (χ3v) is 8.82. The molecule has 0 spiro atoms. The van der Waals surface area contributed by atoms with Gasteiger partial charge in [-0.15, -0.1) is 0 Å². The number of nitrogens with one attached hydrogen (secondary N) is 1. The molecule has 1 N–H and O–H groups in total. The molecule has 0 radical (unpaired) electrons.